The van der Waals surface area contributed by atoms with Gasteiger partial charge in [0.15, 0.2) is 17.2 Å². The van der Waals surface area contributed by atoms with Crippen molar-refractivity contribution < 1.29 is 14.9 Å². The second kappa shape index (κ2) is 3.46. The summed E-state index contributed by atoms with van der Waals surface area (Å²) in [6.45, 7) is 1.71. The molecule has 4 atom stereocenters. The molecule has 0 spiro atoms. The molecule has 8 nitrogen and oxygen atoms in total. The molecule has 1 saturated heterocycles. The zero-order valence-electron chi connectivity index (χ0n) is 10.9. The minimum Gasteiger partial charge on any atom is -0.394 e. The minimum atomic E-state index is -0.718. The van der Waals surface area contributed by atoms with Crippen LogP contribution in [0, 0.1) is 5.41 Å². The lowest BCUT2D eigenvalue weighted by Gasteiger charge is -2.19. The number of imidazole rings is 1. The monoisotopic (exact) mass is 277 g/mol. The van der Waals surface area contributed by atoms with Crippen LogP contribution in [-0.4, -0.2) is 48.5 Å². The van der Waals surface area contributed by atoms with Gasteiger partial charge >= 0.3 is 0 Å². The van der Waals surface area contributed by atoms with Crippen LogP contribution in [0.1, 0.15) is 13.3 Å². The van der Waals surface area contributed by atoms with Crippen LogP contribution in [-0.2, 0) is 10.5 Å². The lowest BCUT2D eigenvalue weighted by Crippen LogP contribution is -2.32. The third-order valence-corrected chi connectivity index (χ3v) is 4.66. The van der Waals surface area contributed by atoms with Gasteiger partial charge in [0, 0.05) is 11.8 Å². The number of aromatic nitrogens is 4. The lowest BCUT2D eigenvalue weighted by atomic mass is 9.98. The molecule has 2 aromatic rings. The third kappa shape index (κ3) is 1.15. The fourth-order valence-electron chi connectivity index (χ4n) is 3.36. The van der Waals surface area contributed by atoms with Crippen molar-refractivity contribution in [2.45, 2.75) is 31.3 Å². The number of anilines is 1. The molecule has 4 N–H and O–H groups in total. The molecule has 1 aliphatic heterocycles. The zero-order valence-corrected chi connectivity index (χ0v) is 10.9. The van der Waals surface area contributed by atoms with Crippen molar-refractivity contribution in [3.05, 3.63) is 12.7 Å². The lowest BCUT2D eigenvalue weighted by molar-refractivity contribution is -0.0859. The smallest absolute Gasteiger partial charge is 0.167 e. The SMILES string of the molecule is C[C@@]12C[C@]1(n1cnc3c(N)ncnc31)O[C@H](CO)[C@H]2O. The van der Waals surface area contributed by atoms with E-state index in [1.54, 1.807) is 10.9 Å². The summed E-state index contributed by atoms with van der Waals surface area (Å²) in [4.78, 5) is 12.3. The molecule has 0 bridgehead atoms. The second-order valence-corrected chi connectivity index (χ2v) is 5.71. The summed E-state index contributed by atoms with van der Waals surface area (Å²) in [5.41, 5.74) is 5.71. The highest BCUT2D eigenvalue weighted by Crippen LogP contribution is 2.70. The van der Waals surface area contributed by atoms with E-state index in [1.807, 2.05) is 6.92 Å². The van der Waals surface area contributed by atoms with Crippen LogP contribution in [0.4, 0.5) is 5.82 Å². The van der Waals surface area contributed by atoms with E-state index in [9.17, 15) is 10.2 Å². The summed E-state index contributed by atoms with van der Waals surface area (Å²) < 4.78 is 7.69. The molecule has 1 saturated carbocycles. The van der Waals surface area contributed by atoms with Gasteiger partial charge in [0.2, 0.25) is 0 Å². The van der Waals surface area contributed by atoms with Gasteiger partial charge in [-0.25, -0.2) is 15.0 Å². The summed E-state index contributed by atoms with van der Waals surface area (Å²) >= 11 is 0. The number of ether oxygens (including phenoxy) is 1. The largest absolute Gasteiger partial charge is 0.394 e. The number of rotatable bonds is 2. The van der Waals surface area contributed by atoms with Crippen molar-refractivity contribution >= 4 is 17.0 Å². The van der Waals surface area contributed by atoms with Crippen molar-refractivity contribution in [2.24, 2.45) is 5.41 Å². The van der Waals surface area contributed by atoms with Gasteiger partial charge in [-0.1, -0.05) is 6.92 Å². The van der Waals surface area contributed by atoms with Gasteiger partial charge in [0.1, 0.15) is 17.9 Å². The van der Waals surface area contributed by atoms with Crippen LogP contribution in [0.25, 0.3) is 11.2 Å². The fourth-order valence-corrected chi connectivity index (χ4v) is 3.36. The first kappa shape index (κ1) is 12.0. The number of aliphatic hydroxyl groups excluding tert-OH is 2. The number of hydrogen-bond acceptors (Lipinski definition) is 7. The Morgan fingerprint density at radius 1 is 1.50 bits per heavy atom. The molecular weight excluding hydrogens is 262 g/mol. The topological polar surface area (TPSA) is 119 Å². The molecule has 0 radical (unpaired) electrons. The molecule has 106 valence electrons. The van der Waals surface area contributed by atoms with E-state index in [0.717, 1.165) is 0 Å². The average molecular weight is 277 g/mol. The Labute approximate surface area is 114 Å². The number of fused-ring (bicyclic) bond motifs is 2. The van der Waals surface area contributed by atoms with E-state index in [-0.39, 0.29) is 6.61 Å². The quantitative estimate of drug-likeness (QED) is 0.659. The first-order valence-corrected chi connectivity index (χ1v) is 6.44. The van der Waals surface area contributed by atoms with Crippen LogP contribution in [0.5, 0.6) is 0 Å². The molecule has 0 amide bonds. The van der Waals surface area contributed by atoms with Crippen LogP contribution < -0.4 is 5.73 Å². The van der Waals surface area contributed by atoms with Gasteiger partial charge in [-0.3, -0.25) is 4.57 Å². The van der Waals surface area contributed by atoms with Crippen molar-refractivity contribution in [1.29, 1.82) is 0 Å². The van der Waals surface area contributed by atoms with Gasteiger partial charge in [0.25, 0.3) is 0 Å². The molecular formula is C12H15N5O3. The highest BCUT2D eigenvalue weighted by molar-refractivity contribution is 5.81. The number of aliphatic hydroxyl groups is 2. The maximum absolute atomic E-state index is 10.3. The Morgan fingerprint density at radius 2 is 2.30 bits per heavy atom. The summed E-state index contributed by atoms with van der Waals surface area (Å²) in [6, 6.07) is 0. The summed E-state index contributed by atoms with van der Waals surface area (Å²) in [6.07, 6.45) is 2.32. The van der Waals surface area contributed by atoms with Crippen LogP contribution >= 0.6 is 0 Å². The molecule has 3 heterocycles. The van der Waals surface area contributed by atoms with Crippen LogP contribution in [0.2, 0.25) is 0 Å². The van der Waals surface area contributed by atoms with E-state index < -0.39 is 23.3 Å². The number of nitrogens with zero attached hydrogens (tertiary/aromatic N) is 4. The highest BCUT2D eigenvalue weighted by atomic mass is 16.6. The first-order valence-electron chi connectivity index (χ1n) is 6.44. The molecule has 2 fully saturated rings. The van der Waals surface area contributed by atoms with Gasteiger partial charge in [0.05, 0.1) is 19.0 Å². The molecule has 8 heteroatoms. The van der Waals surface area contributed by atoms with Crippen molar-refractivity contribution in [2.75, 3.05) is 12.3 Å². The zero-order chi connectivity index (χ0) is 14.1. The summed E-state index contributed by atoms with van der Waals surface area (Å²) in [5, 5.41) is 19.6. The average Bonchev–Trinajstić information content (AvgIpc) is 2.77. The molecule has 0 unspecified atom stereocenters. The summed E-state index contributed by atoms with van der Waals surface area (Å²) in [7, 11) is 0. The maximum Gasteiger partial charge on any atom is 0.167 e. The predicted octanol–water partition coefficient (Wildman–Crippen LogP) is -0.777. The Bertz CT molecular complexity index is 703. The van der Waals surface area contributed by atoms with Crippen molar-refractivity contribution in [3.8, 4) is 0 Å². The molecule has 2 aromatic heterocycles. The van der Waals surface area contributed by atoms with Gasteiger partial charge in [-0.15, -0.1) is 0 Å². The second-order valence-electron chi connectivity index (χ2n) is 5.71. The van der Waals surface area contributed by atoms with Gasteiger partial charge in [-0.2, -0.15) is 0 Å². The van der Waals surface area contributed by atoms with Gasteiger partial charge in [-0.05, 0) is 0 Å². The third-order valence-electron chi connectivity index (χ3n) is 4.66. The summed E-state index contributed by atoms with van der Waals surface area (Å²) in [5.74, 6) is 0.310. The number of hydrogen-bond donors (Lipinski definition) is 3. The highest BCUT2D eigenvalue weighted by Gasteiger charge is 2.78. The Balaban J connectivity index is 1.87. The molecule has 20 heavy (non-hydrogen) atoms. The van der Waals surface area contributed by atoms with E-state index in [1.165, 1.54) is 6.33 Å². The molecule has 0 aromatic carbocycles. The van der Waals surface area contributed by atoms with E-state index in [2.05, 4.69) is 15.0 Å². The van der Waals surface area contributed by atoms with E-state index in [0.29, 0.717) is 23.4 Å². The normalized spacial score (nSPS) is 39.1. The van der Waals surface area contributed by atoms with Crippen molar-refractivity contribution in [1.82, 2.24) is 19.5 Å². The Kier molecular flexibility index (Phi) is 2.08. The van der Waals surface area contributed by atoms with Crippen LogP contribution in [0.15, 0.2) is 12.7 Å². The number of nitrogen functional groups attached to an aromatic ring is 1. The van der Waals surface area contributed by atoms with Crippen LogP contribution in [0.3, 0.4) is 0 Å². The Morgan fingerprint density at radius 3 is 3.00 bits per heavy atom. The van der Waals surface area contributed by atoms with Gasteiger partial charge < -0.3 is 20.7 Å². The first-order chi connectivity index (χ1) is 9.53. The minimum absolute atomic E-state index is 0.220. The molecule has 4 rings (SSSR count). The fraction of sp³-hybridized carbons (Fsp3) is 0.583. The number of nitrogens with two attached hydrogens (primary N) is 1. The predicted molar refractivity (Wildman–Crippen MR) is 68.4 cm³/mol. The maximum atomic E-state index is 10.3. The molecule has 1 aliphatic carbocycles. The van der Waals surface area contributed by atoms with E-state index >= 15 is 0 Å². The standard InChI is InChI=1S/C12H15N5O3/c1-11-3-12(11,20-6(2-18)8(11)19)17-5-16-7-9(13)14-4-15-10(7)17/h4-6,8,18-19H,2-3H2,1H3,(H2,13,14,15)/t6-,8-,11+,12+/m1/s1. The molecule has 2 aliphatic rings. The van der Waals surface area contributed by atoms with Crippen molar-refractivity contribution in [3.63, 3.8) is 0 Å². The Hall–Kier alpha value is -1.77. The van der Waals surface area contributed by atoms with E-state index in [4.69, 9.17) is 10.5 Å².